The maximum absolute atomic E-state index is 4.41. The molecule has 0 bridgehead atoms. The van der Waals surface area contributed by atoms with Gasteiger partial charge in [0, 0.05) is 14.3 Å². The topological polar surface area (TPSA) is 24.9 Å². The summed E-state index contributed by atoms with van der Waals surface area (Å²) in [5, 5.41) is 6.54. The fourth-order valence-electron chi connectivity index (χ4n) is 1.34. The first-order valence-corrected chi connectivity index (χ1v) is 7.22. The predicted octanol–water partition coefficient (Wildman–Crippen LogP) is 4.59. The zero-order valence-electron chi connectivity index (χ0n) is 8.63. The summed E-state index contributed by atoms with van der Waals surface area (Å²) >= 11 is 8.70. The minimum absolute atomic E-state index is 0.742. The molecule has 0 fully saturated rings. The third kappa shape index (κ3) is 2.84. The second-order valence-electron chi connectivity index (χ2n) is 3.31. The predicted molar refractivity (Wildman–Crippen MR) is 76.0 cm³/mol. The van der Waals surface area contributed by atoms with E-state index in [1.54, 1.807) is 11.3 Å². The molecular weight excluding hydrogens is 352 g/mol. The van der Waals surface area contributed by atoms with Crippen molar-refractivity contribution >= 4 is 48.9 Å². The molecule has 0 spiro atoms. The van der Waals surface area contributed by atoms with E-state index < -0.39 is 0 Å². The summed E-state index contributed by atoms with van der Waals surface area (Å²) in [6, 6.07) is 6.02. The summed E-state index contributed by atoms with van der Waals surface area (Å²) in [6.07, 6.45) is 0. The highest BCUT2D eigenvalue weighted by atomic mass is 79.9. The summed E-state index contributed by atoms with van der Waals surface area (Å²) in [4.78, 5) is 4.41. The summed E-state index contributed by atoms with van der Waals surface area (Å²) in [5.74, 6) is 0. The lowest BCUT2D eigenvalue weighted by Gasteiger charge is -2.09. The van der Waals surface area contributed by atoms with Crippen LogP contribution in [-0.2, 0) is 6.54 Å². The highest BCUT2D eigenvalue weighted by Crippen LogP contribution is 2.30. The van der Waals surface area contributed by atoms with Crippen LogP contribution >= 0.6 is 43.2 Å². The average Bonchev–Trinajstić information content (AvgIpc) is 2.63. The van der Waals surface area contributed by atoms with E-state index in [0.717, 1.165) is 31.9 Å². The molecular formula is C11H10Br2N2S. The minimum Gasteiger partial charge on any atom is -0.378 e. The Bertz CT molecular complexity index is 476. The Labute approximate surface area is 115 Å². The van der Waals surface area contributed by atoms with E-state index in [1.807, 2.05) is 25.1 Å². The molecule has 0 radical (unpaired) electrons. The average molecular weight is 362 g/mol. The normalized spacial score (nSPS) is 10.4. The lowest BCUT2D eigenvalue weighted by molar-refractivity contribution is 1.05. The molecule has 2 nitrogen and oxygen atoms in total. The second kappa shape index (κ2) is 5.29. The number of aromatic nitrogens is 1. The molecule has 2 aromatic rings. The SMILES string of the molecule is Cc1nc(CNc2c(Br)cccc2Br)cs1. The number of benzene rings is 1. The Hall–Kier alpha value is -0.390. The van der Waals surface area contributed by atoms with Crippen molar-refractivity contribution in [2.45, 2.75) is 13.5 Å². The highest BCUT2D eigenvalue weighted by Gasteiger charge is 2.04. The van der Waals surface area contributed by atoms with Crippen LogP contribution in [0, 0.1) is 6.92 Å². The van der Waals surface area contributed by atoms with Crippen molar-refractivity contribution in [2.24, 2.45) is 0 Å². The monoisotopic (exact) mass is 360 g/mol. The van der Waals surface area contributed by atoms with E-state index in [1.165, 1.54) is 0 Å². The minimum atomic E-state index is 0.742. The van der Waals surface area contributed by atoms with Crippen LogP contribution in [0.1, 0.15) is 10.7 Å². The maximum Gasteiger partial charge on any atom is 0.0898 e. The molecule has 0 unspecified atom stereocenters. The molecule has 0 aliphatic carbocycles. The van der Waals surface area contributed by atoms with Gasteiger partial charge in [-0.15, -0.1) is 11.3 Å². The third-order valence-corrected chi connectivity index (χ3v) is 4.22. The standard InChI is InChI=1S/C11H10Br2N2S/c1-7-15-8(6-16-7)5-14-11-9(12)3-2-4-10(11)13/h2-4,6,14H,5H2,1H3. The van der Waals surface area contributed by atoms with Crippen LogP contribution in [-0.4, -0.2) is 4.98 Å². The number of rotatable bonds is 3. The van der Waals surface area contributed by atoms with Gasteiger partial charge in [0.1, 0.15) is 0 Å². The van der Waals surface area contributed by atoms with Crippen molar-refractivity contribution < 1.29 is 0 Å². The molecule has 0 saturated carbocycles. The molecule has 2 rings (SSSR count). The molecule has 84 valence electrons. The number of hydrogen-bond acceptors (Lipinski definition) is 3. The van der Waals surface area contributed by atoms with Crippen molar-refractivity contribution in [2.75, 3.05) is 5.32 Å². The van der Waals surface area contributed by atoms with Crippen LogP contribution in [0.15, 0.2) is 32.5 Å². The molecule has 0 aliphatic rings. The van der Waals surface area contributed by atoms with Crippen molar-refractivity contribution in [1.29, 1.82) is 0 Å². The first-order chi connectivity index (χ1) is 7.66. The van der Waals surface area contributed by atoms with E-state index in [9.17, 15) is 0 Å². The van der Waals surface area contributed by atoms with Gasteiger partial charge >= 0.3 is 0 Å². The summed E-state index contributed by atoms with van der Waals surface area (Å²) in [5.41, 5.74) is 2.14. The van der Waals surface area contributed by atoms with Gasteiger partial charge in [-0.1, -0.05) is 6.07 Å². The second-order valence-corrected chi connectivity index (χ2v) is 6.08. The number of hydrogen-bond donors (Lipinski definition) is 1. The van der Waals surface area contributed by atoms with E-state index in [-0.39, 0.29) is 0 Å². The van der Waals surface area contributed by atoms with Crippen LogP contribution in [0.2, 0.25) is 0 Å². The number of anilines is 1. The fourth-order valence-corrected chi connectivity index (χ4v) is 3.23. The van der Waals surface area contributed by atoms with Crippen LogP contribution in [0.4, 0.5) is 5.69 Å². The van der Waals surface area contributed by atoms with Gasteiger partial charge in [0.2, 0.25) is 0 Å². The number of thiazole rings is 1. The Morgan fingerprint density at radius 2 is 2.00 bits per heavy atom. The molecule has 0 aliphatic heterocycles. The zero-order valence-corrected chi connectivity index (χ0v) is 12.6. The van der Waals surface area contributed by atoms with Gasteiger partial charge in [0.25, 0.3) is 0 Å². The van der Waals surface area contributed by atoms with E-state index >= 15 is 0 Å². The molecule has 5 heteroatoms. The number of aryl methyl sites for hydroxylation is 1. The lowest BCUT2D eigenvalue weighted by atomic mass is 10.3. The van der Waals surface area contributed by atoms with Crippen LogP contribution in [0.5, 0.6) is 0 Å². The van der Waals surface area contributed by atoms with E-state index in [4.69, 9.17) is 0 Å². The quantitative estimate of drug-likeness (QED) is 0.864. The van der Waals surface area contributed by atoms with Gasteiger partial charge in [-0.25, -0.2) is 4.98 Å². The Morgan fingerprint density at radius 3 is 2.56 bits per heavy atom. The first kappa shape index (κ1) is 12.1. The number of nitrogens with zero attached hydrogens (tertiary/aromatic N) is 1. The molecule has 0 amide bonds. The van der Waals surface area contributed by atoms with Crippen molar-refractivity contribution in [3.63, 3.8) is 0 Å². The van der Waals surface area contributed by atoms with E-state index in [0.29, 0.717) is 0 Å². The molecule has 1 N–H and O–H groups in total. The van der Waals surface area contributed by atoms with Gasteiger partial charge in [0.05, 0.1) is 22.9 Å². The number of nitrogens with one attached hydrogen (secondary N) is 1. The van der Waals surface area contributed by atoms with Crippen molar-refractivity contribution in [3.8, 4) is 0 Å². The van der Waals surface area contributed by atoms with Crippen LogP contribution in [0.3, 0.4) is 0 Å². The van der Waals surface area contributed by atoms with Gasteiger partial charge in [0.15, 0.2) is 0 Å². The molecule has 1 heterocycles. The van der Waals surface area contributed by atoms with Crippen LogP contribution < -0.4 is 5.32 Å². The maximum atomic E-state index is 4.41. The number of para-hydroxylation sites is 1. The molecule has 16 heavy (non-hydrogen) atoms. The summed E-state index contributed by atoms with van der Waals surface area (Å²) < 4.78 is 2.10. The van der Waals surface area contributed by atoms with Gasteiger partial charge in [-0.05, 0) is 50.9 Å². The lowest BCUT2D eigenvalue weighted by Crippen LogP contribution is -2.01. The molecule has 1 aromatic heterocycles. The Kier molecular flexibility index (Phi) is 4.00. The number of halogens is 2. The van der Waals surface area contributed by atoms with Crippen molar-refractivity contribution in [1.82, 2.24) is 4.98 Å². The molecule has 0 atom stereocenters. The third-order valence-electron chi connectivity index (χ3n) is 2.08. The van der Waals surface area contributed by atoms with Crippen molar-refractivity contribution in [3.05, 3.63) is 43.2 Å². The van der Waals surface area contributed by atoms with Gasteiger partial charge in [-0.3, -0.25) is 0 Å². The molecule has 0 saturated heterocycles. The van der Waals surface area contributed by atoms with E-state index in [2.05, 4.69) is 47.5 Å². The molecule has 1 aromatic carbocycles. The van der Waals surface area contributed by atoms with Gasteiger partial charge < -0.3 is 5.32 Å². The van der Waals surface area contributed by atoms with Crippen LogP contribution in [0.25, 0.3) is 0 Å². The Morgan fingerprint density at radius 1 is 1.31 bits per heavy atom. The smallest absolute Gasteiger partial charge is 0.0898 e. The zero-order chi connectivity index (χ0) is 11.5. The summed E-state index contributed by atoms with van der Waals surface area (Å²) in [7, 11) is 0. The first-order valence-electron chi connectivity index (χ1n) is 4.75. The highest BCUT2D eigenvalue weighted by molar-refractivity contribution is 9.11. The summed E-state index contributed by atoms with van der Waals surface area (Å²) in [6.45, 7) is 2.76. The van der Waals surface area contributed by atoms with Gasteiger partial charge in [-0.2, -0.15) is 0 Å². The fraction of sp³-hybridized carbons (Fsp3) is 0.182. The Balaban J connectivity index is 2.10. The largest absolute Gasteiger partial charge is 0.378 e.